The molecule has 0 aliphatic carbocycles. The molecule has 0 aliphatic rings. The van der Waals surface area contributed by atoms with Crippen molar-refractivity contribution in [2.45, 2.75) is 84.0 Å². The summed E-state index contributed by atoms with van der Waals surface area (Å²) < 4.78 is 7.42. The van der Waals surface area contributed by atoms with E-state index >= 15 is 0 Å². The molecule has 0 fully saturated rings. The van der Waals surface area contributed by atoms with E-state index in [2.05, 4.69) is 46.3 Å². The maximum Gasteiger partial charge on any atom is 0.279 e. The van der Waals surface area contributed by atoms with E-state index in [1.807, 2.05) is 0 Å². The number of allylic oxidation sites excluding steroid dienone is 4. The van der Waals surface area contributed by atoms with E-state index in [9.17, 15) is 4.79 Å². The minimum Gasteiger partial charge on any atom is -0.476 e. The molecule has 0 amide bonds. The van der Waals surface area contributed by atoms with Crippen LogP contribution in [0.2, 0.25) is 0 Å². The van der Waals surface area contributed by atoms with Gasteiger partial charge in [-0.15, -0.1) is 0 Å². The van der Waals surface area contributed by atoms with Crippen LogP contribution in [0.15, 0.2) is 35.4 Å². The van der Waals surface area contributed by atoms with Crippen molar-refractivity contribution in [2.75, 3.05) is 6.61 Å². The molecular weight excluding hydrogens is 376 g/mol. The summed E-state index contributed by atoms with van der Waals surface area (Å²) in [7, 11) is 1.77. The SMILES string of the molecule is CCCCC/C=C\C/C=C\CCCCCCCCOc1c2nc[nH]c(=O)c2nn1C. The Hall–Kier alpha value is -2.37. The Morgan fingerprint density at radius 1 is 0.933 bits per heavy atom. The number of hydrogen-bond acceptors (Lipinski definition) is 4. The smallest absolute Gasteiger partial charge is 0.279 e. The first-order chi connectivity index (χ1) is 14.7. The molecule has 0 atom stereocenters. The van der Waals surface area contributed by atoms with E-state index in [1.165, 1.54) is 64.1 Å². The molecule has 0 spiro atoms. The monoisotopic (exact) mass is 414 g/mol. The second-order valence-electron chi connectivity index (χ2n) is 7.79. The number of aryl methyl sites for hydroxylation is 1. The summed E-state index contributed by atoms with van der Waals surface area (Å²) >= 11 is 0. The predicted octanol–water partition coefficient (Wildman–Crippen LogP) is 5.85. The predicted molar refractivity (Wildman–Crippen MR) is 124 cm³/mol. The maximum atomic E-state index is 11.7. The summed E-state index contributed by atoms with van der Waals surface area (Å²) in [5.74, 6) is 0.568. The molecule has 2 aromatic rings. The molecule has 2 rings (SSSR count). The minimum absolute atomic E-state index is 0.237. The third-order valence-electron chi connectivity index (χ3n) is 5.16. The van der Waals surface area contributed by atoms with Crippen molar-refractivity contribution in [3.05, 3.63) is 41.0 Å². The Labute approximate surface area is 180 Å². The van der Waals surface area contributed by atoms with Gasteiger partial charge in [-0.25, -0.2) is 9.67 Å². The number of nitrogens with one attached hydrogen (secondary N) is 1. The quantitative estimate of drug-likeness (QED) is 0.276. The second kappa shape index (κ2) is 14.6. The average Bonchev–Trinajstić information content (AvgIpc) is 3.07. The van der Waals surface area contributed by atoms with Crippen molar-refractivity contribution < 1.29 is 4.74 Å². The highest BCUT2D eigenvalue weighted by Gasteiger charge is 2.13. The highest BCUT2D eigenvalue weighted by atomic mass is 16.5. The third-order valence-corrected chi connectivity index (χ3v) is 5.16. The van der Waals surface area contributed by atoms with Gasteiger partial charge in [0.15, 0.2) is 11.0 Å². The van der Waals surface area contributed by atoms with Crippen LogP contribution in [0.25, 0.3) is 11.0 Å². The lowest BCUT2D eigenvalue weighted by atomic mass is 10.1. The molecule has 6 nitrogen and oxygen atoms in total. The van der Waals surface area contributed by atoms with Crippen molar-refractivity contribution in [3.8, 4) is 5.88 Å². The highest BCUT2D eigenvalue weighted by molar-refractivity contribution is 5.78. The molecule has 0 bridgehead atoms. The largest absolute Gasteiger partial charge is 0.476 e. The van der Waals surface area contributed by atoms with Crippen LogP contribution in [0.5, 0.6) is 5.88 Å². The molecule has 166 valence electrons. The number of hydrogen-bond donors (Lipinski definition) is 1. The van der Waals surface area contributed by atoms with Crippen LogP contribution in [-0.4, -0.2) is 26.4 Å². The molecule has 2 heterocycles. The van der Waals surface area contributed by atoms with Crippen molar-refractivity contribution in [3.63, 3.8) is 0 Å². The zero-order valence-corrected chi connectivity index (χ0v) is 18.7. The van der Waals surface area contributed by atoms with Gasteiger partial charge < -0.3 is 9.72 Å². The van der Waals surface area contributed by atoms with E-state index in [4.69, 9.17) is 4.74 Å². The molecule has 0 aromatic carbocycles. The molecule has 0 unspecified atom stereocenters. The molecular formula is C24H38N4O2. The summed E-state index contributed by atoms with van der Waals surface area (Å²) in [5.41, 5.74) is 0.618. The summed E-state index contributed by atoms with van der Waals surface area (Å²) in [5, 5.41) is 4.18. The van der Waals surface area contributed by atoms with Crippen molar-refractivity contribution in [1.82, 2.24) is 19.7 Å². The number of unbranched alkanes of at least 4 members (excludes halogenated alkanes) is 9. The lowest BCUT2D eigenvalue weighted by Crippen LogP contribution is -2.06. The van der Waals surface area contributed by atoms with E-state index in [0.29, 0.717) is 23.5 Å². The maximum absolute atomic E-state index is 11.7. The van der Waals surface area contributed by atoms with Crippen molar-refractivity contribution in [2.24, 2.45) is 7.05 Å². The Morgan fingerprint density at radius 3 is 2.33 bits per heavy atom. The zero-order valence-electron chi connectivity index (χ0n) is 18.7. The van der Waals surface area contributed by atoms with Gasteiger partial charge in [0.05, 0.1) is 12.9 Å². The van der Waals surface area contributed by atoms with Gasteiger partial charge in [-0.1, -0.05) is 69.8 Å². The number of aromatic amines is 1. The average molecular weight is 415 g/mol. The Kier molecular flexibility index (Phi) is 11.6. The van der Waals surface area contributed by atoms with E-state index in [-0.39, 0.29) is 5.56 Å². The minimum atomic E-state index is -0.237. The van der Waals surface area contributed by atoms with Crippen LogP contribution >= 0.6 is 0 Å². The normalized spacial score (nSPS) is 11.9. The molecule has 0 saturated heterocycles. The second-order valence-corrected chi connectivity index (χ2v) is 7.79. The van der Waals surface area contributed by atoms with Crippen LogP contribution < -0.4 is 10.3 Å². The highest BCUT2D eigenvalue weighted by Crippen LogP contribution is 2.20. The zero-order chi connectivity index (χ0) is 21.4. The fourth-order valence-corrected chi connectivity index (χ4v) is 3.41. The number of nitrogens with zero attached hydrogens (tertiary/aromatic N) is 3. The molecule has 2 aromatic heterocycles. The van der Waals surface area contributed by atoms with E-state index < -0.39 is 0 Å². The number of rotatable bonds is 16. The number of fused-ring (bicyclic) bond motifs is 1. The lowest BCUT2D eigenvalue weighted by Gasteiger charge is -2.06. The van der Waals surface area contributed by atoms with Gasteiger partial charge >= 0.3 is 0 Å². The first-order valence-corrected chi connectivity index (χ1v) is 11.6. The lowest BCUT2D eigenvalue weighted by molar-refractivity contribution is 0.282. The Morgan fingerprint density at radius 2 is 1.60 bits per heavy atom. The molecule has 1 N–H and O–H groups in total. The number of aromatic nitrogens is 4. The summed E-state index contributed by atoms with van der Waals surface area (Å²) in [4.78, 5) is 18.5. The van der Waals surface area contributed by atoms with Crippen LogP contribution in [-0.2, 0) is 7.05 Å². The Balaban J connectivity index is 1.46. The summed E-state index contributed by atoms with van der Waals surface area (Å²) in [6.07, 6.45) is 25.3. The number of H-pyrrole nitrogens is 1. The van der Waals surface area contributed by atoms with E-state index in [1.54, 1.807) is 11.7 Å². The first-order valence-electron chi connectivity index (χ1n) is 11.6. The molecule has 30 heavy (non-hydrogen) atoms. The van der Waals surface area contributed by atoms with Crippen molar-refractivity contribution >= 4 is 11.0 Å². The number of ether oxygens (including phenoxy) is 1. The van der Waals surface area contributed by atoms with Gasteiger partial charge in [-0.2, -0.15) is 5.10 Å². The van der Waals surface area contributed by atoms with Crippen molar-refractivity contribution in [1.29, 1.82) is 0 Å². The molecule has 0 saturated carbocycles. The van der Waals surface area contributed by atoms with Crippen LogP contribution in [0.1, 0.15) is 84.0 Å². The van der Waals surface area contributed by atoms with Gasteiger partial charge in [-0.05, 0) is 38.5 Å². The summed E-state index contributed by atoms with van der Waals surface area (Å²) in [6, 6.07) is 0. The fraction of sp³-hybridized carbons (Fsp3) is 0.625. The van der Waals surface area contributed by atoms with Gasteiger partial charge in [-0.3, -0.25) is 4.79 Å². The van der Waals surface area contributed by atoms with Crippen LogP contribution in [0, 0.1) is 0 Å². The summed E-state index contributed by atoms with van der Waals surface area (Å²) in [6.45, 7) is 2.87. The topological polar surface area (TPSA) is 72.8 Å². The van der Waals surface area contributed by atoms with Crippen LogP contribution in [0.3, 0.4) is 0 Å². The van der Waals surface area contributed by atoms with Gasteiger partial charge in [0, 0.05) is 7.05 Å². The Bertz CT molecular complexity index is 835. The van der Waals surface area contributed by atoms with Crippen LogP contribution in [0.4, 0.5) is 0 Å². The fourth-order valence-electron chi connectivity index (χ4n) is 3.41. The third kappa shape index (κ3) is 8.56. The molecule has 6 heteroatoms. The standard InChI is InChI=1S/C24H38N4O2/c1-3-4-5-6-7-8-9-10-11-12-13-14-15-16-17-18-19-30-24-22-21(27-28(24)2)23(29)26-20-25-22/h7-8,10-11,20H,3-6,9,12-19H2,1-2H3,(H,25,26,29)/b8-7-,11-10-. The first kappa shape index (κ1) is 23.9. The van der Waals surface area contributed by atoms with E-state index in [0.717, 1.165) is 19.3 Å². The van der Waals surface area contributed by atoms with Gasteiger partial charge in [0.2, 0.25) is 5.88 Å². The molecule has 0 aliphatic heterocycles. The molecule has 0 radical (unpaired) electrons. The van der Waals surface area contributed by atoms with Gasteiger partial charge in [0.25, 0.3) is 5.56 Å². The van der Waals surface area contributed by atoms with Gasteiger partial charge in [0.1, 0.15) is 0 Å².